The van der Waals surface area contributed by atoms with Crippen LogP contribution in [0, 0.1) is 0 Å². The third-order valence-electron chi connectivity index (χ3n) is 2.59. The van der Waals surface area contributed by atoms with E-state index in [1.807, 2.05) is 0 Å². The van der Waals surface area contributed by atoms with Crippen LogP contribution in [0.15, 0.2) is 30.4 Å². The van der Waals surface area contributed by atoms with Crippen molar-refractivity contribution >= 4 is 23.5 Å². The smallest absolute Gasteiger partial charge is 0.336 e. The fraction of sp³-hybridized carbons (Fsp3) is 0.143. The first-order chi connectivity index (χ1) is 9.25. The summed E-state index contributed by atoms with van der Waals surface area (Å²) in [5, 5.41) is 18.0. The highest BCUT2D eigenvalue weighted by atomic mass is 16.4. The van der Waals surface area contributed by atoms with Gasteiger partial charge in [0.15, 0.2) is 0 Å². The van der Waals surface area contributed by atoms with Gasteiger partial charge in [0.1, 0.15) is 0 Å². The summed E-state index contributed by atoms with van der Waals surface area (Å²) in [5.74, 6) is -4.51. The van der Waals surface area contributed by atoms with E-state index in [4.69, 9.17) is 10.2 Å². The predicted molar refractivity (Wildman–Crippen MR) is 68.9 cm³/mol. The van der Waals surface area contributed by atoms with Gasteiger partial charge >= 0.3 is 11.9 Å². The van der Waals surface area contributed by atoms with Crippen molar-refractivity contribution in [1.82, 2.24) is 0 Å². The van der Waals surface area contributed by atoms with Crippen molar-refractivity contribution in [2.24, 2.45) is 0 Å². The Morgan fingerprint density at radius 3 is 2.15 bits per heavy atom. The largest absolute Gasteiger partial charge is 0.478 e. The second-order valence-electron chi connectivity index (χ2n) is 4.16. The Bertz CT molecular complexity index is 627. The molecule has 0 aliphatic carbocycles. The summed E-state index contributed by atoms with van der Waals surface area (Å²) in [7, 11) is 0. The van der Waals surface area contributed by atoms with Crippen molar-refractivity contribution < 1.29 is 29.4 Å². The minimum absolute atomic E-state index is 0.0167. The molecule has 2 N–H and O–H groups in total. The van der Waals surface area contributed by atoms with E-state index >= 15 is 0 Å². The minimum atomic E-state index is -1.46. The van der Waals surface area contributed by atoms with Crippen molar-refractivity contribution in [2.75, 3.05) is 0 Å². The second-order valence-corrected chi connectivity index (χ2v) is 4.16. The van der Waals surface area contributed by atoms with Crippen LogP contribution in [0.4, 0.5) is 0 Å². The molecule has 1 aromatic carbocycles. The molecule has 0 heterocycles. The summed E-state index contributed by atoms with van der Waals surface area (Å²) >= 11 is 0. The Hall–Kier alpha value is -2.76. The first-order valence-corrected chi connectivity index (χ1v) is 5.57. The molecule has 104 valence electrons. The maximum absolute atomic E-state index is 11.7. The summed E-state index contributed by atoms with van der Waals surface area (Å²) in [6.45, 7) is 4.71. The molecule has 0 unspecified atom stereocenters. The third-order valence-corrected chi connectivity index (χ3v) is 2.59. The lowest BCUT2D eigenvalue weighted by molar-refractivity contribution is -0.133. The maximum atomic E-state index is 11.7. The summed E-state index contributed by atoms with van der Waals surface area (Å²) in [4.78, 5) is 45.2. The molecular weight excluding hydrogens is 264 g/mol. The predicted octanol–water partition coefficient (Wildman–Crippen LogP) is 1.34. The fourth-order valence-electron chi connectivity index (χ4n) is 1.67. The highest BCUT2D eigenvalue weighted by molar-refractivity contribution is 6.43. The molecule has 0 saturated carbocycles. The summed E-state index contributed by atoms with van der Waals surface area (Å²) < 4.78 is 0. The van der Waals surface area contributed by atoms with Crippen LogP contribution < -0.4 is 0 Å². The molecule has 6 heteroatoms. The van der Waals surface area contributed by atoms with Gasteiger partial charge in [-0.3, -0.25) is 9.59 Å². The Kier molecular flexibility index (Phi) is 4.53. The van der Waals surface area contributed by atoms with Gasteiger partial charge < -0.3 is 10.2 Å². The Morgan fingerprint density at radius 1 is 1.10 bits per heavy atom. The standard InChI is InChI=1S/C14H12O6/c1-7(2)12(16)10(15)6-8-4-3-5-9(13(17)18)11(8)14(19)20/h3-5H,1,6H2,2H3,(H,17,18)(H,19,20). The van der Waals surface area contributed by atoms with Gasteiger partial charge in [-0.2, -0.15) is 0 Å². The molecule has 0 radical (unpaired) electrons. The van der Waals surface area contributed by atoms with Crippen molar-refractivity contribution in [1.29, 1.82) is 0 Å². The normalized spacial score (nSPS) is 9.85. The van der Waals surface area contributed by atoms with Crippen LogP contribution in [0.2, 0.25) is 0 Å². The number of benzene rings is 1. The number of allylic oxidation sites excluding steroid dienone is 1. The molecule has 0 spiro atoms. The van der Waals surface area contributed by atoms with Gasteiger partial charge in [-0.25, -0.2) is 9.59 Å². The SMILES string of the molecule is C=C(C)C(=O)C(=O)Cc1cccc(C(=O)O)c1C(=O)O. The second kappa shape index (κ2) is 5.92. The van der Waals surface area contributed by atoms with Crippen molar-refractivity contribution in [3.05, 3.63) is 47.0 Å². The molecule has 1 aromatic rings. The van der Waals surface area contributed by atoms with Crippen LogP contribution in [-0.4, -0.2) is 33.7 Å². The average Bonchev–Trinajstić information content (AvgIpc) is 2.36. The fourth-order valence-corrected chi connectivity index (χ4v) is 1.67. The lowest BCUT2D eigenvalue weighted by Crippen LogP contribution is -2.20. The summed E-state index contributed by atoms with van der Waals surface area (Å²) in [6.07, 6.45) is -0.478. The molecule has 0 aliphatic heterocycles. The molecule has 0 aliphatic rings. The van der Waals surface area contributed by atoms with Gasteiger partial charge in [-0.05, 0) is 24.1 Å². The zero-order chi connectivity index (χ0) is 15.4. The molecule has 0 aromatic heterocycles. The van der Waals surface area contributed by atoms with Crippen LogP contribution >= 0.6 is 0 Å². The van der Waals surface area contributed by atoms with Crippen molar-refractivity contribution in [3.8, 4) is 0 Å². The number of aromatic carboxylic acids is 2. The molecule has 1 rings (SSSR count). The molecule has 20 heavy (non-hydrogen) atoms. The molecule has 0 atom stereocenters. The first-order valence-electron chi connectivity index (χ1n) is 5.57. The van der Waals surface area contributed by atoms with E-state index in [-0.39, 0.29) is 11.1 Å². The van der Waals surface area contributed by atoms with E-state index < -0.39 is 41.1 Å². The van der Waals surface area contributed by atoms with Crippen LogP contribution in [0.5, 0.6) is 0 Å². The van der Waals surface area contributed by atoms with Gasteiger partial charge in [-0.1, -0.05) is 18.7 Å². The van der Waals surface area contributed by atoms with Gasteiger partial charge in [0, 0.05) is 6.42 Å². The van der Waals surface area contributed by atoms with Crippen molar-refractivity contribution in [3.63, 3.8) is 0 Å². The third kappa shape index (κ3) is 3.17. The average molecular weight is 276 g/mol. The molecule has 0 bridgehead atoms. The summed E-state index contributed by atoms with van der Waals surface area (Å²) in [5.41, 5.74) is -0.883. The first kappa shape index (κ1) is 15.3. The zero-order valence-electron chi connectivity index (χ0n) is 10.7. The van der Waals surface area contributed by atoms with Gasteiger partial charge in [0.05, 0.1) is 11.1 Å². The molecular formula is C14H12O6. The number of hydrogen-bond donors (Lipinski definition) is 2. The van der Waals surface area contributed by atoms with Crippen LogP contribution in [0.1, 0.15) is 33.2 Å². The number of hydrogen-bond acceptors (Lipinski definition) is 4. The Morgan fingerprint density at radius 2 is 1.70 bits per heavy atom. The highest BCUT2D eigenvalue weighted by Gasteiger charge is 2.23. The van der Waals surface area contributed by atoms with Gasteiger partial charge in [0.25, 0.3) is 0 Å². The quantitative estimate of drug-likeness (QED) is 0.599. The topological polar surface area (TPSA) is 109 Å². The Balaban J connectivity index is 3.26. The number of Topliss-reactive ketones (excluding diaryl/α,β-unsaturated/α-hetero) is 2. The molecule has 0 saturated heterocycles. The summed E-state index contributed by atoms with van der Waals surface area (Å²) in [6, 6.07) is 3.75. The van der Waals surface area contributed by atoms with E-state index in [0.29, 0.717) is 0 Å². The van der Waals surface area contributed by atoms with E-state index in [9.17, 15) is 19.2 Å². The van der Waals surface area contributed by atoms with Crippen LogP contribution in [0.25, 0.3) is 0 Å². The number of rotatable bonds is 6. The number of carboxylic acid groups (broad SMARTS) is 2. The van der Waals surface area contributed by atoms with Gasteiger partial charge in [0.2, 0.25) is 11.6 Å². The zero-order valence-corrected chi connectivity index (χ0v) is 10.7. The number of carboxylic acids is 2. The molecule has 0 fully saturated rings. The van der Waals surface area contributed by atoms with E-state index in [0.717, 1.165) is 6.07 Å². The van der Waals surface area contributed by atoms with Crippen LogP contribution in [-0.2, 0) is 16.0 Å². The van der Waals surface area contributed by atoms with E-state index in [2.05, 4.69) is 6.58 Å². The van der Waals surface area contributed by atoms with E-state index in [1.54, 1.807) is 0 Å². The highest BCUT2D eigenvalue weighted by Crippen LogP contribution is 2.17. The number of carbonyl (C=O) groups is 4. The van der Waals surface area contributed by atoms with E-state index in [1.165, 1.54) is 19.1 Å². The molecule has 0 amide bonds. The van der Waals surface area contributed by atoms with Crippen LogP contribution in [0.3, 0.4) is 0 Å². The number of ketones is 2. The Labute approximate surface area is 114 Å². The number of carbonyl (C=O) groups excluding carboxylic acids is 2. The van der Waals surface area contributed by atoms with Gasteiger partial charge in [-0.15, -0.1) is 0 Å². The van der Waals surface area contributed by atoms with Crippen molar-refractivity contribution in [2.45, 2.75) is 13.3 Å². The molecule has 6 nitrogen and oxygen atoms in total. The maximum Gasteiger partial charge on any atom is 0.336 e. The minimum Gasteiger partial charge on any atom is -0.478 e. The lowest BCUT2D eigenvalue weighted by atomic mass is 9.95. The lowest BCUT2D eigenvalue weighted by Gasteiger charge is -2.08. The monoisotopic (exact) mass is 276 g/mol.